The molecule has 7 heteroatoms. The molecule has 5 nitrogen and oxygen atoms in total. The second kappa shape index (κ2) is 4.23. The molecule has 16 heavy (non-hydrogen) atoms. The van der Waals surface area contributed by atoms with Gasteiger partial charge in [0.25, 0.3) is 5.91 Å². The molecule has 0 saturated carbocycles. The lowest BCUT2D eigenvalue weighted by atomic mass is 10.4. The monoisotopic (exact) mass is 256 g/mol. The Hall–Kier alpha value is -1.40. The van der Waals surface area contributed by atoms with Crippen LogP contribution in [0.1, 0.15) is 10.5 Å². The van der Waals surface area contributed by atoms with E-state index in [1.54, 1.807) is 31.7 Å². The third-order valence-electron chi connectivity index (χ3n) is 1.87. The molecule has 2 rings (SSSR count). The predicted octanol–water partition coefficient (Wildman–Crippen LogP) is 1.68. The Balaban J connectivity index is 2.29. The third-order valence-corrected chi connectivity index (χ3v) is 3.03. The first-order valence-electron chi connectivity index (χ1n) is 4.46. The highest BCUT2D eigenvalue weighted by molar-refractivity contribution is 7.12. The van der Waals surface area contributed by atoms with Crippen LogP contribution in [-0.4, -0.2) is 39.7 Å². The summed E-state index contributed by atoms with van der Waals surface area (Å²) in [4.78, 5) is 17.1. The summed E-state index contributed by atoms with van der Waals surface area (Å²) in [5, 5.41) is 6.91. The SMILES string of the molecule is CN(C)C(=O)c1ccn(-c2nc(Cl)cs2)n1. The van der Waals surface area contributed by atoms with E-state index in [1.165, 1.54) is 20.9 Å². The summed E-state index contributed by atoms with van der Waals surface area (Å²) in [7, 11) is 3.36. The molecule has 1 amide bonds. The Morgan fingerprint density at radius 2 is 2.31 bits per heavy atom. The summed E-state index contributed by atoms with van der Waals surface area (Å²) in [5.41, 5.74) is 0.385. The van der Waals surface area contributed by atoms with E-state index in [0.717, 1.165) is 0 Å². The second-order valence-corrected chi connectivity index (χ2v) is 4.52. The van der Waals surface area contributed by atoms with Gasteiger partial charge in [-0.25, -0.2) is 9.67 Å². The number of carbonyl (C=O) groups is 1. The zero-order chi connectivity index (χ0) is 11.7. The van der Waals surface area contributed by atoms with Crippen LogP contribution in [-0.2, 0) is 0 Å². The van der Waals surface area contributed by atoms with Gasteiger partial charge in [-0.05, 0) is 6.07 Å². The van der Waals surface area contributed by atoms with Gasteiger partial charge in [0.15, 0.2) is 5.69 Å². The molecule has 0 spiro atoms. The fourth-order valence-electron chi connectivity index (χ4n) is 1.12. The first kappa shape index (κ1) is 11.1. The molecule has 0 aromatic carbocycles. The van der Waals surface area contributed by atoms with Gasteiger partial charge in [-0.3, -0.25) is 4.79 Å². The number of hydrogen-bond donors (Lipinski definition) is 0. The number of thiazole rings is 1. The molecule has 0 aliphatic rings. The van der Waals surface area contributed by atoms with Crippen LogP contribution in [0, 0.1) is 0 Å². The maximum absolute atomic E-state index is 11.6. The minimum atomic E-state index is -0.138. The average Bonchev–Trinajstić information content (AvgIpc) is 2.84. The van der Waals surface area contributed by atoms with Crippen LogP contribution in [0.5, 0.6) is 0 Å². The quantitative estimate of drug-likeness (QED) is 0.822. The van der Waals surface area contributed by atoms with Gasteiger partial charge in [-0.1, -0.05) is 11.6 Å². The van der Waals surface area contributed by atoms with E-state index < -0.39 is 0 Å². The number of aromatic nitrogens is 3. The molecule has 0 bridgehead atoms. The summed E-state index contributed by atoms with van der Waals surface area (Å²) in [5.74, 6) is -0.138. The van der Waals surface area contributed by atoms with Gasteiger partial charge in [-0.15, -0.1) is 11.3 Å². The molecule has 0 atom stereocenters. The van der Waals surface area contributed by atoms with E-state index in [4.69, 9.17) is 11.6 Å². The highest BCUT2D eigenvalue weighted by Gasteiger charge is 2.12. The molecule has 0 fully saturated rings. The summed E-state index contributed by atoms with van der Waals surface area (Å²) < 4.78 is 1.54. The van der Waals surface area contributed by atoms with E-state index in [2.05, 4.69) is 10.1 Å². The van der Waals surface area contributed by atoms with Crippen molar-refractivity contribution in [2.75, 3.05) is 14.1 Å². The zero-order valence-corrected chi connectivity index (χ0v) is 10.3. The summed E-state index contributed by atoms with van der Waals surface area (Å²) >= 11 is 7.08. The zero-order valence-electron chi connectivity index (χ0n) is 8.72. The van der Waals surface area contributed by atoms with Gasteiger partial charge >= 0.3 is 0 Å². The largest absolute Gasteiger partial charge is 0.343 e. The van der Waals surface area contributed by atoms with Crippen molar-refractivity contribution in [2.24, 2.45) is 0 Å². The van der Waals surface area contributed by atoms with Gasteiger partial charge in [0.2, 0.25) is 5.13 Å². The molecule has 2 aromatic rings. The maximum atomic E-state index is 11.6. The fraction of sp³-hybridized carbons (Fsp3) is 0.222. The molecule has 0 unspecified atom stereocenters. The number of rotatable bonds is 2. The highest BCUT2D eigenvalue weighted by Crippen LogP contribution is 2.17. The standard InChI is InChI=1S/C9H9ClN4OS/c1-13(2)8(15)6-3-4-14(12-6)9-11-7(10)5-16-9/h3-5H,1-2H3. The van der Waals surface area contributed by atoms with E-state index in [-0.39, 0.29) is 5.91 Å². The van der Waals surface area contributed by atoms with Crippen molar-refractivity contribution < 1.29 is 4.79 Å². The lowest BCUT2D eigenvalue weighted by molar-refractivity contribution is 0.0821. The third kappa shape index (κ3) is 2.07. The molecule has 0 aliphatic carbocycles. The topological polar surface area (TPSA) is 51.0 Å². The summed E-state index contributed by atoms with van der Waals surface area (Å²) in [6.45, 7) is 0. The minimum Gasteiger partial charge on any atom is -0.343 e. The van der Waals surface area contributed by atoms with Crippen LogP contribution >= 0.6 is 22.9 Å². The van der Waals surface area contributed by atoms with Crippen molar-refractivity contribution in [3.8, 4) is 5.13 Å². The van der Waals surface area contributed by atoms with Crippen molar-refractivity contribution in [1.29, 1.82) is 0 Å². The number of carbonyl (C=O) groups excluding carboxylic acids is 1. The van der Waals surface area contributed by atoms with Crippen molar-refractivity contribution >= 4 is 28.8 Å². The van der Waals surface area contributed by atoms with Crippen molar-refractivity contribution in [3.63, 3.8) is 0 Å². The molecule has 0 aliphatic heterocycles. The van der Waals surface area contributed by atoms with E-state index in [0.29, 0.717) is 16.0 Å². The Labute approximate surface area is 101 Å². The average molecular weight is 257 g/mol. The molecule has 0 radical (unpaired) electrons. The van der Waals surface area contributed by atoms with Crippen LogP contribution in [0.3, 0.4) is 0 Å². The van der Waals surface area contributed by atoms with Gasteiger partial charge in [0, 0.05) is 25.7 Å². The number of nitrogens with zero attached hydrogens (tertiary/aromatic N) is 4. The smallest absolute Gasteiger partial charge is 0.273 e. The van der Waals surface area contributed by atoms with Gasteiger partial charge in [-0.2, -0.15) is 5.10 Å². The predicted molar refractivity (Wildman–Crippen MR) is 62.3 cm³/mol. The van der Waals surface area contributed by atoms with Crippen LogP contribution in [0.15, 0.2) is 17.6 Å². The van der Waals surface area contributed by atoms with E-state index in [1.807, 2.05) is 0 Å². The number of hydrogen-bond acceptors (Lipinski definition) is 4. The number of amides is 1. The molecule has 2 heterocycles. The van der Waals surface area contributed by atoms with E-state index >= 15 is 0 Å². The molecule has 0 saturated heterocycles. The Morgan fingerprint density at radius 1 is 1.56 bits per heavy atom. The van der Waals surface area contributed by atoms with Gasteiger partial charge in [0.1, 0.15) is 5.15 Å². The lowest BCUT2D eigenvalue weighted by Gasteiger charge is -2.06. The van der Waals surface area contributed by atoms with Crippen molar-refractivity contribution in [2.45, 2.75) is 0 Å². The minimum absolute atomic E-state index is 0.138. The molecule has 2 aromatic heterocycles. The van der Waals surface area contributed by atoms with Crippen molar-refractivity contribution in [1.82, 2.24) is 19.7 Å². The van der Waals surface area contributed by atoms with Crippen LogP contribution in [0.25, 0.3) is 5.13 Å². The molecular weight excluding hydrogens is 248 g/mol. The Bertz CT molecular complexity index is 519. The van der Waals surface area contributed by atoms with E-state index in [9.17, 15) is 4.79 Å². The van der Waals surface area contributed by atoms with Crippen LogP contribution < -0.4 is 0 Å². The van der Waals surface area contributed by atoms with Gasteiger partial charge < -0.3 is 4.90 Å². The van der Waals surface area contributed by atoms with Crippen molar-refractivity contribution in [3.05, 3.63) is 28.5 Å². The highest BCUT2D eigenvalue weighted by atomic mass is 35.5. The van der Waals surface area contributed by atoms with Gasteiger partial charge in [0.05, 0.1) is 0 Å². The number of halogens is 1. The summed E-state index contributed by atoms with van der Waals surface area (Å²) in [6.07, 6.45) is 1.69. The normalized spacial score (nSPS) is 10.4. The first-order chi connectivity index (χ1) is 7.58. The van der Waals surface area contributed by atoms with Crippen LogP contribution in [0.2, 0.25) is 5.15 Å². The molecule has 0 N–H and O–H groups in total. The fourth-order valence-corrected chi connectivity index (χ4v) is 2.00. The Morgan fingerprint density at radius 3 is 2.88 bits per heavy atom. The molecular formula is C9H9ClN4OS. The lowest BCUT2D eigenvalue weighted by Crippen LogP contribution is -2.22. The second-order valence-electron chi connectivity index (χ2n) is 3.30. The first-order valence-corrected chi connectivity index (χ1v) is 5.72. The Kier molecular flexibility index (Phi) is 2.93. The molecule has 84 valence electrons. The maximum Gasteiger partial charge on any atom is 0.273 e. The van der Waals surface area contributed by atoms with Crippen LogP contribution in [0.4, 0.5) is 0 Å². The summed E-state index contributed by atoms with van der Waals surface area (Å²) in [6, 6.07) is 1.65.